The Morgan fingerprint density at radius 3 is 2.40 bits per heavy atom. The SMILES string of the molecule is C[C@@]12CCN(C(=O)c3cc(OCC4CCOCC4)nc(C4CC4)c3)CC[C@@H]1CN(C(=O)c1ccc(S(N)(=O)=O)cc1)C2. The Morgan fingerprint density at radius 2 is 1.71 bits per heavy atom. The third kappa shape index (κ3) is 6.33. The molecule has 0 unspecified atom stereocenters. The number of primary sulfonamides is 1. The summed E-state index contributed by atoms with van der Waals surface area (Å²) >= 11 is 0. The number of nitrogens with zero attached hydrogens (tertiary/aromatic N) is 3. The van der Waals surface area contributed by atoms with Crippen LogP contribution >= 0.6 is 0 Å². The quantitative estimate of drug-likeness (QED) is 0.518. The van der Waals surface area contributed by atoms with Crippen LogP contribution in [0.1, 0.15) is 77.8 Å². The van der Waals surface area contributed by atoms with Gasteiger partial charge in [0, 0.05) is 68.2 Å². The summed E-state index contributed by atoms with van der Waals surface area (Å²) in [5, 5.41) is 5.19. The number of amides is 2. The molecule has 1 saturated carbocycles. The average molecular weight is 597 g/mol. The first-order valence-electron chi connectivity index (χ1n) is 15.0. The fourth-order valence-electron chi connectivity index (χ4n) is 6.59. The van der Waals surface area contributed by atoms with Crippen molar-refractivity contribution >= 4 is 21.8 Å². The molecule has 4 heterocycles. The van der Waals surface area contributed by atoms with Crippen LogP contribution in [0.2, 0.25) is 0 Å². The van der Waals surface area contributed by atoms with Gasteiger partial charge in [-0.3, -0.25) is 9.59 Å². The second kappa shape index (κ2) is 11.6. The number of rotatable bonds is 7. The summed E-state index contributed by atoms with van der Waals surface area (Å²) in [6.45, 7) is 6.79. The van der Waals surface area contributed by atoms with E-state index in [1.807, 2.05) is 21.9 Å². The first-order valence-corrected chi connectivity index (χ1v) is 16.6. The molecule has 2 atom stereocenters. The Morgan fingerprint density at radius 1 is 1.00 bits per heavy atom. The monoisotopic (exact) mass is 596 g/mol. The summed E-state index contributed by atoms with van der Waals surface area (Å²) in [6.07, 6.45) is 5.76. The molecule has 1 aliphatic carbocycles. The highest BCUT2D eigenvalue weighted by Crippen LogP contribution is 2.44. The van der Waals surface area contributed by atoms with Gasteiger partial charge >= 0.3 is 0 Å². The van der Waals surface area contributed by atoms with Gasteiger partial charge in [-0.05, 0) is 86.1 Å². The largest absolute Gasteiger partial charge is 0.477 e. The maximum absolute atomic E-state index is 13.8. The molecule has 0 bridgehead atoms. The van der Waals surface area contributed by atoms with Crippen LogP contribution in [0, 0.1) is 17.3 Å². The first kappa shape index (κ1) is 29.1. The second-order valence-electron chi connectivity index (χ2n) is 12.7. The van der Waals surface area contributed by atoms with Gasteiger partial charge in [0.05, 0.1) is 11.5 Å². The summed E-state index contributed by atoms with van der Waals surface area (Å²) in [7, 11) is -3.81. The Bertz CT molecular complexity index is 1440. The minimum atomic E-state index is -3.81. The van der Waals surface area contributed by atoms with Gasteiger partial charge in [-0.1, -0.05) is 6.92 Å². The third-order valence-electron chi connectivity index (χ3n) is 9.56. The molecule has 10 nitrogen and oxygen atoms in total. The molecule has 3 aliphatic heterocycles. The third-order valence-corrected chi connectivity index (χ3v) is 10.5. The van der Waals surface area contributed by atoms with Crippen molar-refractivity contribution in [3.05, 3.63) is 53.2 Å². The number of carbonyl (C=O) groups excluding carboxylic acids is 2. The fraction of sp³-hybridized carbons (Fsp3) is 0.581. The molecule has 6 rings (SSSR count). The number of hydrogen-bond donors (Lipinski definition) is 1. The molecular formula is C31H40N4O6S. The summed E-state index contributed by atoms with van der Waals surface area (Å²) in [6, 6.07) is 9.55. The molecule has 4 fully saturated rings. The summed E-state index contributed by atoms with van der Waals surface area (Å²) in [5.74, 6) is 1.56. The highest BCUT2D eigenvalue weighted by Gasteiger charge is 2.46. The Kier molecular flexibility index (Phi) is 8.01. The highest BCUT2D eigenvalue weighted by atomic mass is 32.2. The van der Waals surface area contributed by atoms with Gasteiger partial charge in [-0.2, -0.15) is 0 Å². The van der Waals surface area contributed by atoms with E-state index in [1.165, 1.54) is 24.3 Å². The summed E-state index contributed by atoms with van der Waals surface area (Å²) in [5.41, 5.74) is 1.93. The number of carbonyl (C=O) groups is 2. The van der Waals surface area contributed by atoms with E-state index in [0.717, 1.165) is 57.4 Å². The molecule has 3 saturated heterocycles. The standard InChI is InChI=1S/C31H40N4O6S/c1-31-11-13-34(12-8-25(31)18-35(20-31)29(36)23-4-6-26(7-5-23)42(32,38)39)30(37)24-16-27(22-2-3-22)33-28(17-24)41-19-21-9-14-40-15-10-21/h4-7,16-17,21-22,25H,2-3,8-15,18-20H2,1H3,(H2,32,38,39)/t25-,31+/m1/s1. The van der Waals surface area contributed by atoms with E-state index in [1.54, 1.807) is 0 Å². The van der Waals surface area contributed by atoms with E-state index in [2.05, 4.69) is 6.92 Å². The molecular weight excluding hydrogens is 556 g/mol. The van der Waals surface area contributed by atoms with E-state index < -0.39 is 10.0 Å². The van der Waals surface area contributed by atoms with Gasteiger partial charge in [0.15, 0.2) is 0 Å². The molecule has 2 N–H and O–H groups in total. The van der Waals surface area contributed by atoms with Crippen LogP contribution in [0.4, 0.5) is 0 Å². The fourth-order valence-corrected chi connectivity index (χ4v) is 7.11. The minimum absolute atomic E-state index is 0.0150. The van der Waals surface area contributed by atoms with E-state index in [-0.39, 0.29) is 28.0 Å². The number of sulfonamides is 1. The molecule has 2 amide bonds. The van der Waals surface area contributed by atoms with Crippen molar-refractivity contribution in [2.45, 2.75) is 56.3 Å². The number of hydrogen-bond acceptors (Lipinski definition) is 7. The number of likely N-dealkylation sites (tertiary alicyclic amines) is 2. The molecule has 1 aromatic heterocycles. The van der Waals surface area contributed by atoms with Crippen molar-refractivity contribution in [3.63, 3.8) is 0 Å². The van der Waals surface area contributed by atoms with Crippen molar-refractivity contribution in [3.8, 4) is 5.88 Å². The lowest BCUT2D eigenvalue weighted by molar-refractivity contribution is 0.0490. The van der Waals surface area contributed by atoms with Gasteiger partial charge in [0.2, 0.25) is 15.9 Å². The van der Waals surface area contributed by atoms with E-state index >= 15 is 0 Å². The number of pyridine rings is 1. The van der Waals surface area contributed by atoms with Crippen LogP contribution < -0.4 is 9.88 Å². The normalized spacial score (nSPS) is 25.1. The van der Waals surface area contributed by atoms with Gasteiger partial charge in [-0.15, -0.1) is 0 Å². The topological polar surface area (TPSA) is 132 Å². The van der Waals surface area contributed by atoms with Crippen LogP contribution in [-0.4, -0.2) is 81.0 Å². The van der Waals surface area contributed by atoms with E-state index in [9.17, 15) is 18.0 Å². The number of benzene rings is 1. The molecule has 0 spiro atoms. The second-order valence-corrected chi connectivity index (χ2v) is 14.3. The maximum Gasteiger partial charge on any atom is 0.254 e. The zero-order valence-corrected chi connectivity index (χ0v) is 25.0. The van der Waals surface area contributed by atoms with Crippen molar-refractivity contribution in [2.24, 2.45) is 22.4 Å². The zero-order valence-electron chi connectivity index (χ0n) is 24.2. The molecule has 2 aromatic rings. The molecule has 0 radical (unpaired) electrons. The maximum atomic E-state index is 13.8. The van der Waals surface area contributed by atoms with Gasteiger partial charge in [0.25, 0.3) is 11.8 Å². The number of aromatic nitrogens is 1. The lowest BCUT2D eigenvalue weighted by Crippen LogP contribution is -2.35. The van der Waals surface area contributed by atoms with Gasteiger partial charge in [0.1, 0.15) is 0 Å². The van der Waals surface area contributed by atoms with Crippen LogP contribution in [0.15, 0.2) is 41.3 Å². The van der Waals surface area contributed by atoms with Crippen LogP contribution in [0.3, 0.4) is 0 Å². The number of ether oxygens (including phenoxy) is 2. The van der Waals surface area contributed by atoms with E-state index in [4.69, 9.17) is 19.6 Å². The zero-order chi connectivity index (χ0) is 29.5. The van der Waals surface area contributed by atoms with Crippen molar-refractivity contribution in [1.29, 1.82) is 0 Å². The predicted molar refractivity (Wildman–Crippen MR) is 156 cm³/mol. The lowest BCUT2D eigenvalue weighted by atomic mass is 9.76. The Labute approximate surface area is 247 Å². The van der Waals surface area contributed by atoms with Crippen molar-refractivity contribution < 1.29 is 27.5 Å². The molecule has 42 heavy (non-hydrogen) atoms. The molecule has 11 heteroatoms. The summed E-state index contributed by atoms with van der Waals surface area (Å²) < 4.78 is 34.7. The first-order chi connectivity index (χ1) is 20.1. The van der Waals surface area contributed by atoms with Crippen molar-refractivity contribution in [1.82, 2.24) is 14.8 Å². The molecule has 1 aromatic carbocycles. The Balaban J connectivity index is 1.10. The highest BCUT2D eigenvalue weighted by molar-refractivity contribution is 7.89. The van der Waals surface area contributed by atoms with Gasteiger partial charge in [-0.25, -0.2) is 18.5 Å². The smallest absolute Gasteiger partial charge is 0.254 e. The molecule has 226 valence electrons. The molecule has 4 aliphatic rings. The minimum Gasteiger partial charge on any atom is -0.477 e. The van der Waals surface area contributed by atoms with Crippen LogP contribution in [0.25, 0.3) is 0 Å². The number of nitrogens with two attached hydrogens (primary N) is 1. The van der Waals surface area contributed by atoms with Crippen molar-refractivity contribution in [2.75, 3.05) is 46.0 Å². The number of fused-ring (bicyclic) bond motifs is 1. The Hall–Kier alpha value is -3.02. The average Bonchev–Trinajstić information content (AvgIpc) is 3.81. The van der Waals surface area contributed by atoms with Gasteiger partial charge < -0.3 is 19.3 Å². The van der Waals surface area contributed by atoms with Crippen LogP contribution in [0.5, 0.6) is 5.88 Å². The van der Waals surface area contributed by atoms with Crippen LogP contribution in [-0.2, 0) is 14.8 Å². The predicted octanol–water partition coefficient (Wildman–Crippen LogP) is 3.43. The summed E-state index contributed by atoms with van der Waals surface area (Å²) in [4.78, 5) is 35.6. The van der Waals surface area contributed by atoms with E-state index in [0.29, 0.717) is 61.6 Å². The lowest BCUT2D eigenvalue weighted by Gasteiger charge is -2.28.